The van der Waals surface area contributed by atoms with Gasteiger partial charge in [0.1, 0.15) is 0 Å². The Bertz CT molecular complexity index is 139. The van der Waals surface area contributed by atoms with Gasteiger partial charge in [-0.2, -0.15) is 0 Å². The lowest BCUT2D eigenvalue weighted by atomic mass is 9.97. The van der Waals surface area contributed by atoms with Crippen molar-refractivity contribution in [3.63, 3.8) is 0 Å². The van der Waals surface area contributed by atoms with Crippen molar-refractivity contribution in [2.75, 3.05) is 25.0 Å². The molecular formula is C11H24BrNO. The van der Waals surface area contributed by atoms with Gasteiger partial charge >= 0.3 is 0 Å². The second-order valence-electron chi connectivity index (χ2n) is 4.47. The van der Waals surface area contributed by atoms with Crippen molar-refractivity contribution in [2.45, 2.75) is 33.7 Å². The maximum Gasteiger partial charge on any atom is 0.0558 e. The zero-order chi connectivity index (χ0) is 11.1. The first-order valence-electron chi connectivity index (χ1n) is 5.43. The number of halogens is 1. The Hall–Kier alpha value is 0.400. The van der Waals surface area contributed by atoms with E-state index in [9.17, 15) is 0 Å². The lowest BCUT2D eigenvalue weighted by molar-refractivity contribution is 0.138. The van der Waals surface area contributed by atoms with E-state index in [2.05, 4.69) is 48.5 Å². The van der Waals surface area contributed by atoms with Gasteiger partial charge in [-0.3, -0.25) is 4.90 Å². The van der Waals surface area contributed by atoms with Crippen LogP contribution in [0.2, 0.25) is 0 Å². The molecule has 0 aromatic rings. The average Bonchev–Trinajstić information content (AvgIpc) is 2.11. The predicted octanol–water partition coefficient (Wildman–Crippen LogP) is 2.36. The molecule has 0 heterocycles. The summed E-state index contributed by atoms with van der Waals surface area (Å²) in [6, 6.07) is 0.516. The number of aliphatic hydroxyl groups excluding tert-OH is 1. The predicted molar refractivity (Wildman–Crippen MR) is 65.9 cm³/mol. The second kappa shape index (κ2) is 7.66. The average molecular weight is 266 g/mol. The molecule has 2 nitrogen and oxygen atoms in total. The van der Waals surface area contributed by atoms with Crippen molar-refractivity contribution < 1.29 is 5.11 Å². The highest BCUT2D eigenvalue weighted by Crippen LogP contribution is 2.16. The molecule has 0 spiro atoms. The SMILES string of the molecule is CC(C)C(CBr)CN(CCO)C(C)C. The van der Waals surface area contributed by atoms with Gasteiger partial charge < -0.3 is 5.11 Å². The van der Waals surface area contributed by atoms with Gasteiger partial charge in [-0.15, -0.1) is 0 Å². The van der Waals surface area contributed by atoms with Gasteiger partial charge in [-0.25, -0.2) is 0 Å². The van der Waals surface area contributed by atoms with Crippen molar-refractivity contribution >= 4 is 15.9 Å². The summed E-state index contributed by atoms with van der Waals surface area (Å²) in [7, 11) is 0. The van der Waals surface area contributed by atoms with Crippen LogP contribution in [-0.2, 0) is 0 Å². The molecular weight excluding hydrogens is 242 g/mol. The van der Waals surface area contributed by atoms with Crippen LogP contribution in [0.3, 0.4) is 0 Å². The summed E-state index contributed by atoms with van der Waals surface area (Å²) in [5.41, 5.74) is 0. The van der Waals surface area contributed by atoms with Crippen LogP contribution in [0.15, 0.2) is 0 Å². The normalized spacial score (nSPS) is 14.4. The molecule has 1 N–H and O–H groups in total. The van der Waals surface area contributed by atoms with E-state index in [1.807, 2.05) is 0 Å². The molecule has 0 aliphatic heterocycles. The van der Waals surface area contributed by atoms with E-state index < -0.39 is 0 Å². The Morgan fingerprint density at radius 1 is 1.21 bits per heavy atom. The van der Waals surface area contributed by atoms with E-state index in [0.29, 0.717) is 17.9 Å². The van der Waals surface area contributed by atoms with Crippen LogP contribution in [0.1, 0.15) is 27.7 Å². The quantitative estimate of drug-likeness (QED) is 0.715. The van der Waals surface area contributed by atoms with E-state index >= 15 is 0 Å². The summed E-state index contributed by atoms with van der Waals surface area (Å²) < 4.78 is 0. The molecule has 86 valence electrons. The van der Waals surface area contributed by atoms with Gasteiger partial charge in [0, 0.05) is 24.5 Å². The first-order valence-corrected chi connectivity index (χ1v) is 6.55. The third-order valence-electron chi connectivity index (χ3n) is 2.73. The fourth-order valence-electron chi connectivity index (χ4n) is 1.43. The third kappa shape index (κ3) is 5.32. The van der Waals surface area contributed by atoms with Gasteiger partial charge in [-0.05, 0) is 25.7 Å². The molecule has 1 atom stereocenters. The number of rotatable bonds is 7. The summed E-state index contributed by atoms with van der Waals surface area (Å²) in [6.45, 7) is 11.0. The number of aliphatic hydroxyl groups is 1. The minimum absolute atomic E-state index is 0.255. The number of alkyl halides is 1. The standard InChI is InChI=1S/C11H24BrNO/c1-9(2)11(7-12)8-13(5-6-14)10(3)4/h9-11,14H,5-8H2,1-4H3. The minimum atomic E-state index is 0.255. The molecule has 0 fully saturated rings. The largest absolute Gasteiger partial charge is 0.395 e. The molecule has 0 saturated heterocycles. The molecule has 3 heteroatoms. The van der Waals surface area contributed by atoms with Crippen molar-refractivity contribution in [1.82, 2.24) is 4.90 Å². The molecule has 1 unspecified atom stereocenters. The molecule has 14 heavy (non-hydrogen) atoms. The molecule has 0 amide bonds. The summed E-state index contributed by atoms with van der Waals surface area (Å²) in [4.78, 5) is 2.34. The van der Waals surface area contributed by atoms with Crippen LogP contribution in [0.4, 0.5) is 0 Å². The van der Waals surface area contributed by atoms with Gasteiger partial charge in [0.2, 0.25) is 0 Å². The van der Waals surface area contributed by atoms with E-state index in [1.165, 1.54) is 0 Å². The number of nitrogens with zero attached hydrogens (tertiary/aromatic N) is 1. The second-order valence-corrected chi connectivity index (χ2v) is 5.12. The summed E-state index contributed by atoms with van der Waals surface area (Å²) in [5, 5.41) is 10.00. The van der Waals surface area contributed by atoms with E-state index in [-0.39, 0.29) is 6.61 Å². The van der Waals surface area contributed by atoms with Crippen LogP contribution >= 0.6 is 15.9 Å². The van der Waals surface area contributed by atoms with Gasteiger partial charge in [0.05, 0.1) is 6.61 Å². The molecule has 0 aromatic heterocycles. The first-order chi connectivity index (χ1) is 6.52. The van der Waals surface area contributed by atoms with Gasteiger partial charge in [0.25, 0.3) is 0 Å². The highest BCUT2D eigenvalue weighted by atomic mass is 79.9. The topological polar surface area (TPSA) is 23.5 Å². The van der Waals surface area contributed by atoms with Gasteiger partial charge in [-0.1, -0.05) is 29.8 Å². The Labute approximate surface area is 96.8 Å². The zero-order valence-electron chi connectivity index (χ0n) is 9.83. The van der Waals surface area contributed by atoms with Crippen LogP contribution in [-0.4, -0.2) is 41.1 Å². The fraction of sp³-hybridized carbons (Fsp3) is 1.00. The van der Waals surface area contributed by atoms with E-state index in [0.717, 1.165) is 18.4 Å². The van der Waals surface area contributed by atoms with Crippen LogP contribution in [0, 0.1) is 11.8 Å². The van der Waals surface area contributed by atoms with E-state index in [4.69, 9.17) is 5.11 Å². The van der Waals surface area contributed by atoms with Gasteiger partial charge in [0.15, 0.2) is 0 Å². The molecule has 0 rings (SSSR count). The minimum Gasteiger partial charge on any atom is -0.395 e. The molecule has 0 aliphatic carbocycles. The maximum atomic E-state index is 8.96. The lowest BCUT2D eigenvalue weighted by Crippen LogP contribution is -2.39. The van der Waals surface area contributed by atoms with Crippen molar-refractivity contribution in [3.8, 4) is 0 Å². The molecule has 0 radical (unpaired) electrons. The van der Waals surface area contributed by atoms with Crippen LogP contribution in [0.5, 0.6) is 0 Å². The molecule has 0 aromatic carbocycles. The van der Waals surface area contributed by atoms with Crippen molar-refractivity contribution in [3.05, 3.63) is 0 Å². The maximum absolute atomic E-state index is 8.96. The Morgan fingerprint density at radius 3 is 2.07 bits per heavy atom. The lowest BCUT2D eigenvalue weighted by Gasteiger charge is -2.31. The number of hydrogen-bond donors (Lipinski definition) is 1. The van der Waals surface area contributed by atoms with Crippen LogP contribution < -0.4 is 0 Å². The Balaban J connectivity index is 4.11. The first kappa shape index (κ1) is 14.4. The zero-order valence-corrected chi connectivity index (χ0v) is 11.4. The van der Waals surface area contributed by atoms with E-state index in [1.54, 1.807) is 0 Å². The smallest absolute Gasteiger partial charge is 0.0558 e. The Kier molecular flexibility index (Phi) is 7.88. The highest BCUT2D eigenvalue weighted by molar-refractivity contribution is 9.09. The summed E-state index contributed by atoms with van der Waals surface area (Å²) >= 11 is 3.56. The third-order valence-corrected chi connectivity index (χ3v) is 3.56. The van der Waals surface area contributed by atoms with Crippen LogP contribution in [0.25, 0.3) is 0 Å². The molecule has 0 saturated carbocycles. The van der Waals surface area contributed by atoms with Crippen molar-refractivity contribution in [1.29, 1.82) is 0 Å². The molecule has 0 aliphatic rings. The fourth-order valence-corrected chi connectivity index (χ4v) is 2.38. The Morgan fingerprint density at radius 2 is 1.79 bits per heavy atom. The summed E-state index contributed by atoms with van der Waals surface area (Å²) in [6.07, 6.45) is 0. The molecule has 0 bridgehead atoms. The monoisotopic (exact) mass is 265 g/mol. The number of hydrogen-bond acceptors (Lipinski definition) is 2. The highest BCUT2D eigenvalue weighted by Gasteiger charge is 2.17. The summed E-state index contributed by atoms with van der Waals surface area (Å²) in [5.74, 6) is 1.36. The van der Waals surface area contributed by atoms with Crippen molar-refractivity contribution in [2.24, 2.45) is 11.8 Å².